The summed E-state index contributed by atoms with van der Waals surface area (Å²) in [5.41, 5.74) is 2.12. The van der Waals surface area contributed by atoms with E-state index >= 15 is 0 Å². The van der Waals surface area contributed by atoms with Gasteiger partial charge in [0, 0.05) is 17.8 Å². The molecule has 7 heteroatoms. The van der Waals surface area contributed by atoms with Crippen LogP contribution in [0, 0.1) is 0 Å². The first-order chi connectivity index (χ1) is 16.2. The van der Waals surface area contributed by atoms with E-state index in [1.54, 1.807) is 24.3 Å². The Kier molecular flexibility index (Phi) is 8.68. The summed E-state index contributed by atoms with van der Waals surface area (Å²) in [6, 6.07) is 14.3. The van der Waals surface area contributed by atoms with Crippen LogP contribution in [0.1, 0.15) is 68.8 Å². The number of likely N-dealkylation sites (tertiary alicyclic amines) is 1. The number of ether oxygens (including phenoxy) is 2. The molecule has 0 aromatic heterocycles. The van der Waals surface area contributed by atoms with E-state index in [0.29, 0.717) is 22.9 Å². The highest BCUT2D eigenvalue weighted by Crippen LogP contribution is 2.23. The van der Waals surface area contributed by atoms with E-state index in [1.165, 1.54) is 5.56 Å². The minimum atomic E-state index is -0.608. The molecule has 1 fully saturated rings. The highest BCUT2D eigenvalue weighted by Gasteiger charge is 2.29. The second-order valence-corrected chi connectivity index (χ2v) is 9.14. The minimum absolute atomic E-state index is 0.0342. The Bertz CT molecular complexity index is 975. The van der Waals surface area contributed by atoms with Crippen molar-refractivity contribution in [1.29, 1.82) is 0 Å². The first-order valence-corrected chi connectivity index (χ1v) is 11.9. The molecule has 0 aliphatic carbocycles. The number of nitrogens with zero attached hydrogens (tertiary/aromatic N) is 1. The first kappa shape index (κ1) is 25.3. The van der Waals surface area contributed by atoms with Gasteiger partial charge in [-0.1, -0.05) is 26.0 Å². The van der Waals surface area contributed by atoms with E-state index in [9.17, 15) is 14.4 Å². The molecule has 2 aromatic carbocycles. The molecule has 1 N–H and O–H groups in total. The van der Waals surface area contributed by atoms with Crippen molar-refractivity contribution < 1.29 is 23.9 Å². The summed E-state index contributed by atoms with van der Waals surface area (Å²) in [7, 11) is 0. The number of esters is 1. The molecular weight excluding hydrogens is 432 g/mol. The number of piperidine rings is 1. The van der Waals surface area contributed by atoms with Crippen molar-refractivity contribution in [3.05, 3.63) is 59.7 Å². The molecule has 34 heavy (non-hydrogen) atoms. The normalized spacial score (nSPS) is 17.9. The van der Waals surface area contributed by atoms with Gasteiger partial charge in [0.1, 0.15) is 5.75 Å². The quantitative estimate of drug-likeness (QED) is 0.566. The monoisotopic (exact) mass is 466 g/mol. The van der Waals surface area contributed by atoms with E-state index in [2.05, 4.69) is 33.0 Å². The van der Waals surface area contributed by atoms with Crippen LogP contribution in [0.3, 0.4) is 0 Å². The highest BCUT2D eigenvalue weighted by molar-refractivity contribution is 5.95. The van der Waals surface area contributed by atoms with E-state index in [0.717, 1.165) is 19.3 Å². The van der Waals surface area contributed by atoms with Crippen LogP contribution in [0.15, 0.2) is 48.5 Å². The fraction of sp³-hybridized carbons (Fsp3) is 0.444. The van der Waals surface area contributed by atoms with Crippen LogP contribution in [-0.2, 0) is 14.3 Å². The van der Waals surface area contributed by atoms with Gasteiger partial charge in [0.15, 0.2) is 13.2 Å². The maximum absolute atomic E-state index is 12.6. The Morgan fingerprint density at radius 3 is 2.15 bits per heavy atom. The highest BCUT2D eigenvalue weighted by atomic mass is 16.5. The van der Waals surface area contributed by atoms with Crippen LogP contribution in [0.4, 0.5) is 5.69 Å². The third-order valence-corrected chi connectivity index (χ3v) is 6.13. The zero-order valence-corrected chi connectivity index (χ0v) is 20.4. The molecule has 1 heterocycles. The number of carbonyl (C=O) groups excluding carboxylic acids is 3. The number of rotatable bonds is 8. The second kappa shape index (κ2) is 11.7. The summed E-state index contributed by atoms with van der Waals surface area (Å²) in [5, 5.41) is 2.71. The van der Waals surface area contributed by atoms with E-state index in [1.807, 2.05) is 29.2 Å². The second-order valence-electron chi connectivity index (χ2n) is 9.14. The maximum Gasteiger partial charge on any atom is 0.338 e. The van der Waals surface area contributed by atoms with Gasteiger partial charge in [0.25, 0.3) is 11.8 Å². The third-order valence-electron chi connectivity index (χ3n) is 6.13. The van der Waals surface area contributed by atoms with Gasteiger partial charge in [-0.3, -0.25) is 9.59 Å². The van der Waals surface area contributed by atoms with E-state index < -0.39 is 11.9 Å². The molecule has 1 saturated heterocycles. The van der Waals surface area contributed by atoms with Gasteiger partial charge in [-0.05, 0) is 81.0 Å². The van der Waals surface area contributed by atoms with Crippen molar-refractivity contribution in [3.63, 3.8) is 0 Å². The average molecular weight is 467 g/mol. The van der Waals surface area contributed by atoms with Crippen LogP contribution >= 0.6 is 0 Å². The average Bonchev–Trinajstić information content (AvgIpc) is 2.82. The van der Waals surface area contributed by atoms with Crippen molar-refractivity contribution >= 4 is 23.5 Å². The van der Waals surface area contributed by atoms with Crippen molar-refractivity contribution in [2.45, 2.75) is 65.0 Å². The van der Waals surface area contributed by atoms with Gasteiger partial charge >= 0.3 is 5.97 Å². The van der Waals surface area contributed by atoms with Crippen LogP contribution in [0.2, 0.25) is 0 Å². The topological polar surface area (TPSA) is 84.9 Å². The van der Waals surface area contributed by atoms with Crippen molar-refractivity contribution in [2.75, 3.05) is 18.5 Å². The number of amides is 2. The zero-order chi connectivity index (χ0) is 24.7. The van der Waals surface area contributed by atoms with Gasteiger partial charge < -0.3 is 19.7 Å². The van der Waals surface area contributed by atoms with E-state index in [-0.39, 0.29) is 31.2 Å². The molecular formula is C27H34N2O5. The molecule has 2 atom stereocenters. The molecule has 7 nitrogen and oxygen atoms in total. The molecule has 2 aromatic rings. The summed E-state index contributed by atoms with van der Waals surface area (Å²) >= 11 is 0. The van der Waals surface area contributed by atoms with Gasteiger partial charge in [-0.2, -0.15) is 0 Å². The van der Waals surface area contributed by atoms with Crippen LogP contribution in [0.25, 0.3) is 0 Å². The standard InChI is InChI=1S/C27H34N2O5/c1-18(2)21-8-12-23(13-9-21)28-25(30)16-34-27(32)22-10-14-24(15-11-22)33-17-26(31)29-19(3)6-5-7-20(29)4/h8-15,18-20H,5-7,16-17H2,1-4H3,(H,28,30)/t19-,20-/m0/s1. The summed E-state index contributed by atoms with van der Waals surface area (Å²) in [4.78, 5) is 38.9. The predicted molar refractivity (Wildman–Crippen MR) is 131 cm³/mol. The molecule has 182 valence electrons. The fourth-order valence-corrected chi connectivity index (χ4v) is 4.18. The lowest BCUT2D eigenvalue weighted by atomic mass is 9.97. The number of hydrogen-bond donors (Lipinski definition) is 1. The molecule has 0 bridgehead atoms. The molecule has 0 unspecified atom stereocenters. The zero-order valence-electron chi connectivity index (χ0n) is 20.4. The lowest BCUT2D eigenvalue weighted by Crippen LogP contribution is -2.49. The molecule has 1 aliphatic heterocycles. The lowest BCUT2D eigenvalue weighted by molar-refractivity contribution is -0.139. The molecule has 1 aliphatic rings. The summed E-state index contributed by atoms with van der Waals surface area (Å²) in [6.45, 7) is 7.90. The Morgan fingerprint density at radius 1 is 0.941 bits per heavy atom. The summed E-state index contributed by atoms with van der Waals surface area (Å²) < 4.78 is 10.7. The number of carbonyl (C=O) groups is 3. The molecule has 0 saturated carbocycles. The van der Waals surface area contributed by atoms with Crippen LogP contribution in [0.5, 0.6) is 5.75 Å². The van der Waals surface area contributed by atoms with Gasteiger partial charge in [-0.25, -0.2) is 4.79 Å². The van der Waals surface area contributed by atoms with Crippen molar-refractivity contribution in [1.82, 2.24) is 4.90 Å². The number of anilines is 1. The van der Waals surface area contributed by atoms with Crippen molar-refractivity contribution in [3.8, 4) is 5.75 Å². The summed E-state index contributed by atoms with van der Waals surface area (Å²) in [6.07, 6.45) is 3.15. The molecule has 0 radical (unpaired) electrons. The number of benzene rings is 2. The number of nitrogens with one attached hydrogen (secondary N) is 1. The Labute approximate surface area is 201 Å². The molecule has 3 rings (SSSR count). The predicted octanol–water partition coefficient (Wildman–Crippen LogP) is 4.77. The fourth-order valence-electron chi connectivity index (χ4n) is 4.18. The van der Waals surface area contributed by atoms with Crippen LogP contribution in [-0.4, -0.2) is 48.0 Å². The Morgan fingerprint density at radius 2 is 1.56 bits per heavy atom. The SMILES string of the molecule is CC(C)c1ccc(NC(=O)COC(=O)c2ccc(OCC(=O)N3[C@@H](C)CCC[C@@H]3C)cc2)cc1. The van der Waals surface area contributed by atoms with Crippen molar-refractivity contribution in [2.24, 2.45) is 0 Å². The van der Waals surface area contributed by atoms with Gasteiger partial charge in [0.2, 0.25) is 0 Å². The lowest BCUT2D eigenvalue weighted by Gasteiger charge is -2.38. The van der Waals surface area contributed by atoms with Crippen LogP contribution < -0.4 is 10.1 Å². The van der Waals surface area contributed by atoms with Gasteiger partial charge in [0.05, 0.1) is 5.56 Å². The number of hydrogen-bond acceptors (Lipinski definition) is 5. The molecule has 2 amide bonds. The first-order valence-electron chi connectivity index (χ1n) is 11.9. The Balaban J connectivity index is 1.44. The largest absolute Gasteiger partial charge is 0.484 e. The molecule has 0 spiro atoms. The maximum atomic E-state index is 12.6. The minimum Gasteiger partial charge on any atom is -0.484 e. The third kappa shape index (κ3) is 6.83. The Hall–Kier alpha value is -3.35. The summed E-state index contributed by atoms with van der Waals surface area (Å²) in [5.74, 6) is -0.155. The van der Waals surface area contributed by atoms with Gasteiger partial charge in [-0.15, -0.1) is 0 Å². The smallest absolute Gasteiger partial charge is 0.338 e. The van der Waals surface area contributed by atoms with E-state index in [4.69, 9.17) is 9.47 Å².